The number of imidazole rings is 1. The van der Waals surface area contributed by atoms with Gasteiger partial charge >= 0.3 is 0 Å². The van der Waals surface area contributed by atoms with Crippen LogP contribution in [0.15, 0.2) is 79.3 Å². The van der Waals surface area contributed by atoms with Gasteiger partial charge in [-0.3, -0.25) is 0 Å². The van der Waals surface area contributed by atoms with E-state index in [9.17, 15) is 5.11 Å². The lowest BCUT2D eigenvalue weighted by atomic mass is 9.75. The average Bonchev–Trinajstić information content (AvgIpc) is 3.60. The van der Waals surface area contributed by atoms with Crippen molar-refractivity contribution in [2.45, 2.75) is 56.5 Å². The zero-order chi connectivity index (χ0) is 22.2. The number of pyridine rings is 1. The second-order valence-corrected chi connectivity index (χ2v) is 9.68. The van der Waals surface area contributed by atoms with Crippen molar-refractivity contribution < 1.29 is 9.84 Å². The maximum Gasteiger partial charge on any atom is 0.127 e. The van der Waals surface area contributed by atoms with Gasteiger partial charge in [-0.05, 0) is 97.7 Å². The first-order valence-electron chi connectivity index (χ1n) is 12.2. The summed E-state index contributed by atoms with van der Waals surface area (Å²) in [6.45, 7) is 0. The summed E-state index contributed by atoms with van der Waals surface area (Å²) in [6, 6.07) is 22.8. The quantitative estimate of drug-likeness (QED) is 0.352. The lowest BCUT2D eigenvalue weighted by Gasteiger charge is -2.33. The van der Waals surface area contributed by atoms with Gasteiger partial charge in [0, 0.05) is 0 Å². The molecule has 2 heterocycles. The standard InChI is InChI=1S/C29H30N2O2/c32-29(28-27(22-8-9-22)17-14-24-18-30-19-31(24)28)23-10-6-20(7-11-23)21-12-15-26(16-13-21)33-25-4-2-1-3-5-25/h1-5,12-20,22-23,29,32H,6-11H2/t20-,23-,29-/m1/s1. The lowest BCUT2D eigenvalue weighted by molar-refractivity contribution is 0.0754. The number of aromatic nitrogens is 2. The maximum absolute atomic E-state index is 11.5. The molecule has 1 atom stereocenters. The Kier molecular flexibility index (Phi) is 5.39. The van der Waals surface area contributed by atoms with Crippen LogP contribution in [0.25, 0.3) is 5.52 Å². The monoisotopic (exact) mass is 438 g/mol. The molecule has 4 nitrogen and oxygen atoms in total. The number of para-hydroxylation sites is 1. The summed E-state index contributed by atoms with van der Waals surface area (Å²) >= 11 is 0. The summed E-state index contributed by atoms with van der Waals surface area (Å²) < 4.78 is 8.06. The maximum atomic E-state index is 11.5. The Morgan fingerprint density at radius 2 is 1.48 bits per heavy atom. The highest BCUT2D eigenvalue weighted by molar-refractivity contribution is 5.50. The van der Waals surface area contributed by atoms with Crippen molar-refractivity contribution in [3.8, 4) is 11.5 Å². The third-order valence-corrected chi connectivity index (χ3v) is 7.50. The van der Waals surface area contributed by atoms with Crippen LogP contribution in [-0.2, 0) is 0 Å². The molecule has 6 rings (SSSR count). The number of rotatable bonds is 6. The molecule has 2 aliphatic carbocycles. The molecule has 33 heavy (non-hydrogen) atoms. The Labute approximate surface area is 194 Å². The second kappa shape index (κ2) is 8.68. The Morgan fingerprint density at radius 3 is 2.21 bits per heavy atom. The van der Waals surface area contributed by atoms with Crippen LogP contribution in [0.1, 0.15) is 73.3 Å². The van der Waals surface area contributed by atoms with Gasteiger partial charge in [-0.2, -0.15) is 0 Å². The molecule has 0 saturated heterocycles. The van der Waals surface area contributed by atoms with Gasteiger partial charge in [0.1, 0.15) is 11.5 Å². The molecule has 2 saturated carbocycles. The summed E-state index contributed by atoms with van der Waals surface area (Å²) in [6.07, 6.45) is 10.1. The molecule has 0 spiro atoms. The molecule has 4 heteroatoms. The Morgan fingerprint density at radius 1 is 0.788 bits per heavy atom. The fourth-order valence-electron chi connectivity index (χ4n) is 5.51. The van der Waals surface area contributed by atoms with E-state index in [1.54, 1.807) is 0 Å². The predicted octanol–water partition coefficient (Wildman–Crippen LogP) is 7.01. The van der Waals surface area contributed by atoms with Crippen molar-refractivity contribution in [1.29, 1.82) is 0 Å². The van der Waals surface area contributed by atoms with Crippen molar-refractivity contribution in [3.63, 3.8) is 0 Å². The highest BCUT2D eigenvalue weighted by atomic mass is 16.5. The normalized spacial score (nSPS) is 21.7. The fraction of sp³-hybridized carbons (Fsp3) is 0.345. The van der Waals surface area contributed by atoms with Crippen molar-refractivity contribution in [1.82, 2.24) is 9.38 Å². The van der Waals surface area contributed by atoms with Crippen LogP contribution in [0.5, 0.6) is 11.5 Å². The number of nitrogens with zero attached hydrogens (tertiary/aromatic N) is 2. The molecule has 2 aromatic carbocycles. The molecule has 0 amide bonds. The molecule has 0 bridgehead atoms. The highest BCUT2D eigenvalue weighted by Gasteiger charge is 2.34. The van der Waals surface area contributed by atoms with Crippen LogP contribution >= 0.6 is 0 Å². The third-order valence-electron chi connectivity index (χ3n) is 7.50. The lowest BCUT2D eigenvalue weighted by Crippen LogP contribution is -2.22. The van der Waals surface area contributed by atoms with E-state index in [1.165, 1.54) is 24.0 Å². The number of hydrogen-bond acceptors (Lipinski definition) is 3. The van der Waals surface area contributed by atoms with Crippen molar-refractivity contribution in [3.05, 3.63) is 96.1 Å². The minimum Gasteiger partial charge on any atom is -0.457 e. The molecule has 1 N–H and O–H groups in total. The van der Waals surface area contributed by atoms with E-state index in [2.05, 4.69) is 45.8 Å². The zero-order valence-corrected chi connectivity index (χ0v) is 18.8. The second-order valence-electron chi connectivity index (χ2n) is 9.68. The summed E-state index contributed by atoms with van der Waals surface area (Å²) in [5.41, 5.74) is 4.85. The van der Waals surface area contributed by atoms with Crippen molar-refractivity contribution >= 4 is 5.52 Å². The molecular formula is C29H30N2O2. The van der Waals surface area contributed by atoms with Crippen molar-refractivity contribution in [2.75, 3.05) is 0 Å². The first-order chi connectivity index (χ1) is 16.3. The SMILES string of the molecule is O[C@@H](c1c(C2CC2)ccc2cncn12)[C@H]1CC[C@H](c2ccc(Oc3ccccc3)cc2)CC1. The van der Waals surface area contributed by atoms with Crippen LogP contribution in [0.4, 0.5) is 0 Å². The van der Waals surface area contributed by atoms with Crippen LogP contribution in [0.2, 0.25) is 0 Å². The van der Waals surface area contributed by atoms with E-state index < -0.39 is 6.10 Å². The summed E-state index contributed by atoms with van der Waals surface area (Å²) in [4.78, 5) is 4.34. The Balaban J connectivity index is 1.14. The number of aliphatic hydroxyl groups is 1. The Bertz CT molecular complexity index is 1220. The van der Waals surface area contributed by atoms with E-state index in [-0.39, 0.29) is 0 Å². The van der Waals surface area contributed by atoms with Gasteiger partial charge < -0.3 is 14.2 Å². The van der Waals surface area contributed by atoms with Gasteiger partial charge in [-0.1, -0.05) is 36.4 Å². The molecular weight excluding hydrogens is 408 g/mol. The number of ether oxygens (including phenoxy) is 1. The number of aliphatic hydroxyl groups excluding tert-OH is 1. The fourth-order valence-corrected chi connectivity index (χ4v) is 5.51. The minimum absolute atomic E-state index is 0.299. The number of fused-ring (bicyclic) bond motifs is 1. The summed E-state index contributed by atoms with van der Waals surface area (Å²) in [7, 11) is 0. The minimum atomic E-state index is -0.430. The van der Waals surface area contributed by atoms with E-state index in [0.29, 0.717) is 17.8 Å². The number of hydrogen-bond donors (Lipinski definition) is 1. The highest BCUT2D eigenvalue weighted by Crippen LogP contribution is 2.47. The van der Waals surface area contributed by atoms with E-state index in [0.717, 1.165) is 48.4 Å². The van der Waals surface area contributed by atoms with Crippen LogP contribution in [0.3, 0.4) is 0 Å². The van der Waals surface area contributed by atoms with Gasteiger partial charge in [0.05, 0.1) is 29.8 Å². The molecule has 0 unspecified atom stereocenters. The van der Waals surface area contributed by atoms with E-state index in [4.69, 9.17) is 4.74 Å². The molecule has 168 valence electrons. The summed E-state index contributed by atoms with van der Waals surface area (Å²) in [5, 5.41) is 11.5. The average molecular weight is 439 g/mol. The van der Waals surface area contributed by atoms with Gasteiger partial charge in [-0.25, -0.2) is 4.98 Å². The molecule has 0 radical (unpaired) electrons. The van der Waals surface area contributed by atoms with E-state index in [1.807, 2.05) is 42.9 Å². The number of benzene rings is 2. The molecule has 2 fully saturated rings. The van der Waals surface area contributed by atoms with Gasteiger partial charge in [0.2, 0.25) is 0 Å². The van der Waals surface area contributed by atoms with Crippen molar-refractivity contribution in [2.24, 2.45) is 5.92 Å². The molecule has 0 aliphatic heterocycles. The zero-order valence-electron chi connectivity index (χ0n) is 18.8. The predicted molar refractivity (Wildman–Crippen MR) is 130 cm³/mol. The van der Waals surface area contributed by atoms with Crippen LogP contribution < -0.4 is 4.74 Å². The first-order valence-corrected chi connectivity index (χ1v) is 12.2. The largest absolute Gasteiger partial charge is 0.457 e. The van der Waals surface area contributed by atoms with E-state index >= 15 is 0 Å². The van der Waals surface area contributed by atoms with Gasteiger partial charge in [-0.15, -0.1) is 0 Å². The molecule has 2 aliphatic rings. The van der Waals surface area contributed by atoms with Gasteiger partial charge in [0.15, 0.2) is 0 Å². The topological polar surface area (TPSA) is 46.8 Å². The third kappa shape index (κ3) is 4.16. The van der Waals surface area contributed by atoms with Crippen LogP contribution in [0, 0.1) is 5.92 Å². The Hall–Kier alpha value is -3.11. The first kappa shape index (κ1) is 20.5. The molecule has 2 aromatic heterocycles. The van der Waals surface area contributed by atoms with Crippen LogP contribution in [-0.4, -0.2) is 14.5 Å². The summed E-state index contributed by atoms with van der Waals surface area (Å²) in [5.74, 6) is 3.18. The van der Waals surface area contributed by atoms with Gasteiger partial charge in [0.25, 0.3) is 0 Å². The smallest absolute Gasteiger partial charge is 0.127 e. The molecule has 4 aromatic rings.